The molecule has 8 heteroatoms. The van der Waals surface area contributed by atoms with Crippen molar-refractivity contribution in [3.8, 4) is 5.75 Å². The van der Waals surface area contributed by atoms with E-state index in [2.05, 4.69) is 5.32 Å². The summed E-state index contributed by atoms with van der Waals surface area (Å²) in [6.45, 7) is 0.755. The van der Waals surface area contributed by atoms with Gasteiger partial charge < -0.3 is 10.1 Å². The number of ether oxygens (including phenoxy) is 1. The van der Waals surface area contributed by atoms with E-state index in [0.717, 1.165) is 22.0 Å². The van der Waals surface area contributed by atoms with Crippen molar-refractivity contribution in [2.45, 2.75) is 23.6 Å². The van der Waals surface area contributed by atoms with Crippen molar-refractivity contribution in [3.63, 3.8) is 0 Å². The summed E-state index contributed by atoms with van der Waals surface area (Å²) < 4.78 is 27.9. The first-order valence-corrected chi connectivity index (χ1v) is 9.37. The van der Waals surface area contributed by atoms with Crippen LogP contribution in [0.25, 0.3) is 0 Å². The van der Waals surface area contributed by atoms with Crippen LogP contribution >= 0.6 is 11.3 Å². The number of hydrogen-bond donors (Lipinski definition) is 2. The minimum Gasteiger partial charge on any atom is -0.494 e. The van der Waals surface area contributed by atoms with Gasteiger partial charge in [-0.05, 0) is 30.7 Å². The first-order valence-electron chi connectivity index (χ1n) is 7.01. The Morgan fingerprint density at radius 1 is 1.17 bits per heavy atom. The second kappa shape index (κ2) is 8.09. The molecule has 0 aliphatic heterocycles. The zero-order valence-electron chi connectivity index (χ0n) is 12.4. The van der Waals surface area contributed by atoms with Gasteiger partial charge in [-0.3, -0.25) is 4.79 Å². The highest BCUT2D eigenvalue weighted by molar-refractivity contribution is 7.91. The molecule has 124 valence electrons. The largest absolute Gasteiger partial charge is 0.494 e. The Kier molecular flexibility index (Phi) is 6.14. The Morgan fingerprint density at radius 3 is 2.57 bits per heavy atom. The zero-order valence-corrected chi connectivity index (χ0v) is 14.0. The highest BCUT2D eigenvalue weighted by Gasteiger charge is 2.11. The fourth-order valence-corrected chi connectivity index (χ4v) is 3.54. The van der Waals surface area contributed by atoms with Gasteiger partial charge in [0.05, 0.1) is 13.2 Å². The van der Waals surface area contributed by atoms with E-state index in [4.69, 9.17) is 9.88 Å². The normalized spacial score (nSPS) is 11.2. The fraction of sp³-hybridized carbons (Fsp3) is 0.267. The fourth-order valence-electron chi connectivity index (χ4n) is 1.82. The van der Waals surface area contributed by atoms with E-state index in [9.17, 15) is 13.2 Å². The SMILES string of the molecule is NS(=O)(=O)c1ccc(CNC(=O)CCCOc2ccccc2)s1. The molecule has 23 heavy (non-hydrogen) atoms. The lowest BCUT2D eigenvalue weighted by atomic mass is 10.3. The van der Waals surface area contributed by atoms with Crippen molar-refractivity contribution in [2.75, 3.05) is 6.61 Å². The monoisotopic (exact) mass is 354 g/mol. The third kappa shape index (κ3) is 6.01. The number of nitrogens with two attached hydrogens (primary N) is 1. The second-order valence-corrected chi connectivity index (χ2v) is 7.76. The number of carbonyl (C=O) groups excluding carboxylic acids is 1. The van der Waals surface area contributed by atoms with Crippen LogP contribution in [-0.4, -0.2) is 20.9 Å². The van der Waals surface area contributed by atoms with Gasteiger partial charge in [0.2, 0.25) is 15.9 Å². The van der Waals surface area contributed by atoms with Crippen molar-refractivity contribution in [1.29, 1.82) is 0 Å². The summed E-state index contributed by atoms with van der Waals surface area (Å²) in [6.07, 6.45) is 0.952. The molecule has 0 atom stereocenters. The van der Waals surface area contributed by atoms with E-state index in [1.165, 1.54) is 6.07 Å². The Hall–Kier alpha value is -1.90. The van der Waals surface area contributed by atoms with Crippen molar-refractivity contribution in [3.05, 3.63) is 47.3 Å². The Labute approximate surface area is 139 Å². The van der Waals surface area contributed by atoms with Crippen LogP contribution < -0.4 is 15.2 Å². The molecule has 0 aliphatic carbocycles. The Bertz CT molecular complexity index is 742. The van der Waals surface area contributed by atoms with Crippen LogP contribution in [-0.2, 0) is 21.4 Å². The highest BCUT2D eigenvalue weighted by Crippen LogP contribution is 2.20. The third-order valence-electron chi connectivity index (χ3n) is 2.94. The smallest absolute Gasteiger partial charge is 0.247 e. The quantitative estimate of drug-likeness (QED) is 0.707. The van der Waals surface area contributed by atoms with Crippen LogP contribution in [0.5, 0.6) is 5.75 Å². The minimum absolute atomic E-state index is 0.0954. The molecule has 0 spiro atoms. The van der Waals surface area contributed by atoms with Gasteiger partial charge in [-0.15, -0.1) is 11.3 Å². The zero-order chi connectivity index (χ0) is 16.7. The van der Waals surface area contributed by atoms with Crippen LogP contribution in [0.3, 0.4) is 0 Å². The lowest BCUT2D eigenvalue weighted by molar-refractivity contribution is -0.121. The standard InChI is InChI=1S/C15H18N2O4S2/c16-23(19,20)15-9-8-13(22-15)11-17-14(18)7-4-10-21-12-5-2-1-3-6-12/h1-3,5-6,8-9H,4,7,10-11H2,(H,17,18)(H2,16,19,20). The molecule has 1 heterocycles. The van der Waals surface area contributed by atoms with Gasteiger partial charge in [0.1, 0.15) is 9.96 Å². The number of nitrogens with one attached hydrogen (secondary N) is 1. The summed E-state index contributed by atoms with van der Waals surface area (Å²) in [7, 11) is -3.68. The van der Waals surface area contributed by atoms with Crippen molar-refractivity contribution < 1.29 is 17.9 Å². The predicted molar refractivity (Wildman–Crippen MR) is 88.7 cm³/mol. The maximum atomic E-state index is 11.7. The molecule has 2 rings (SSSR count). The molecule has 0 unspecified atom stereocenters. The van der Waals surface area contributed by atoms with E-state index in [1.54, 1.807) is 6.07 Å². The number of carbonyl (C=O) groups is 1. The number of rotatable bonds is 8. The number of hydrogen-bond acceptors (Lipinski definition) is 5. The number of sulfonamides is 1. The van der Waals surface area contributed by atoms with Crippen molar-refractivity contribution in [2.24, 2.45) is 5.14 Å². The van der Waals surface area contributed by atoms with Crippen LogP contribution in [0.15, 0.2) is 46.7 Å². The van der Waals surface area contributed by atoms with Crippen molar-refractivity contribution in [1.82, 2.24) is 5.32 Å². The van der Waals surface area contributed by atoms with Gasteiger partial charge in [0.25, 0.3) is 0 Å². The molecule has 0 radical (unpaired) electrons. The Morgan fingerprint density at radius 2 is 1.91 bits per heavy atom. The molecule has 2 aromatic rings. The highest BCUT2D eigenvalue weighted by atomic mass is 32.2. The minimum atomic E-state index is -3.68. The number of amides is 1. The molecular weight excluding hydrogens is 336 g/mol. The van der Waals surface area contributed by atoms with Gasteiger partial charge in [-0.2, -0.15) is 0 Å². The summed E-state index contributed by atoms with van der Waals surface area (Å²) >= 11 is 1.06. The summed E-state index contributed by atoms with van der Waals surface area (Å²) in [4.78, 5) is 12.5. The number of primary sulfonamides is 1. The van der Waals surface area contributed by atoms with Gasteiger partial charge >= 0.3 is 0 Å². The molecule has 1 aromatic heterocycles. The first-order chi connectivity index (χ1) is 10.9. The van der Waals surface area contributed by atoms with E-state index in [1.807, 2.05) is 30.3 Å². The van der Waals surface area contributed by atoms with Crippen LogP contribution in [0, 0.1) is 0 Å². The Balaban J connectivity index is 1.66. The average molecular weight is 354 g/mol. The number of thiophene rings is 1. The van der Waals surface area contributed by atoms with Crippen molar-refractivity contribution >= 4 is 27.3 Å². The van der Waals surface area contributed by atoms with Crippen LogP contribution in [0.2, 0.25) is 0 Å². The average Bonchev–Trinajstić information content (AvgIpc) is 3.00. The second-order valence-electron chi connectivity index (χ2n) is 4.81. The molecule has 6 nitrogen and oxygen atoms in total. The van der Waals surface area contributed by atoms with Crippen LogP contribution in [0.1, 0.15) is 17.7 Å². The van der Waals surface area contributed by atoms with E-state index < -0.39 is 10.0 Å². The maximum Gasteiger partial charge on any atom is 0.247 e. The molecule has 0 aliphatic rings. The van der Waals surface area contributed by atoms with Gasteiger partial charge in [-0.25, -0.2) is 13.6 Å². The number of benzene rings is 1. The summed E-state index contributed by atoms with van der Waals surface area (Å²) in [5.41, 5.74) is 0. The summed E-state index contributed by atoms with van der Waals surface area (Å²) in [6, 6.07) is 12.5. The molecule has 0 fully saturated rings. The molecular formula is C15H18N2O4S2. The van der Waals surface area contributed by atoms with Gasteiger partial charge in [-0.1, -0.05) is 18.2 Å². The maximum absolute atomic E-state index is 11.7. The molecule has 0 bridgehead atoms. The lowest BCUT2D eigenvalue weighted by Crippen LogP contribution is -2.22. The molecule has 1 amide bonds. The third-order valence-corrected chi connectivity index (χ3v) is 5.46. The van der Waals surface area contributed by atoms with E-state index in [0.29, 0.717) is 26.0 Å². The van der Waals surface area contributed by atoms with Gasteiger partial charge in [0, 0.05) is 11.3 Å². The first kappa shape index (κ1) is 17.5. The summed E-state index contributed by atoms with van der Waals surface area (Å²) in [5.74, 6) is 0.675. The van der Waals surface area contributed by atoms with Crippen LogP contribution in [0.4, 0.5) is 0 Å². The number of para-hydroxylation sites is 1. The molecule has 0 saturated carbocycles. The van der Waals surface area contributed by atoms with E-state index >= 15 is 0 Å². The predicted octanol–water partition coefficient (Wildman–Crippen LogP) is 1.87. The lowest BCUT2D eigenvalue weighted by Gasteiger charge is -2.06. The topological polar surface area (TPSA) is 98.5 Å². The molecule has 3 N–H and O–H groups in total. The van der Waals surface area contributed by atoms with E-state index in [-0.39, 0.29) is 10.1 Å². The molecule has 0 saturated heterocycles. The molecule has 1 aromatic carbocycles. The summed E-state index contributed by atoms with van der Waals surface area (Å²) in [5, 5.41) is 7.78. The van der Waals surface area contributed by atoms with Gasteiger partial charge in [0.15, 0.2) is 0 Å².